The molecule has 2 aromatic carbocycles. The quantitative estimate of drug-likeness (QED) is 0.284. The van der Waals surface area contributed by atoms with Crippen molar-refractivity contribution in [1.29, 1.82) is 0 Å². The number of rotatable bonds is 6. The van der Waals surface area contributed by atoms with Gasteiger partial charge >= 0.3 is 0 Å². The zero-order valence-electron chi connectivity index (χ0n) is 26.0. The van der Waals surface area contributed by atoms with Crippen molar-refractivity contribution in [2.75, 3.05) is 38.2 Å². The van der Waals surface area contributed by atoms with Crippen molar-refractivity contribution in [2.24, 2.45) is 0 Å². The van der Waals surface area contributed by atoms with E-state index in [2.05, 4.69) is 51.0 Å². The first-order valence-electron chi connectivity index (χ1n) is 15.9. The van der Waals surface area contributed by atoms with Gasteiger partial charge in [0.05, 0.1) is 25.9 Å². The normalized spacial score (nSPS) is 18.3. The lowest BCUT2D eigenvalue weighted by Gasteiger charge is -2.29. The van der Waals surface area contributed by atoms with E-state index in [4.69, 9.17) is 4.74 Å². The number of fused-ring (bicyclic) bond motifs is 2. The fourth-order valence-electron chi connectivity index (χ4n) is 7.43. The number of benzene rings is 2. The molecule has 4 aromatic rings. The first-order chi connectivity index (χ1) is 21.4. The highest BCUT2D eigenvalue weighted by Crippen LogP contribution is 2.33. The molecule has 2 fully saturated rings. The van der Waals surface area contributed by atoms with Crippen molar-refractivity contribution in [3.63, 3.8) is 0 Å². The van der Waals surface area contributed by atoms with E-state index in [0.717, 1.165) is 73.0 Å². The van der Waals surface area contributed by atoms with Gasteiger partial charge < -0.3 is 28.6 Å². The molecule has 7 rings (SSSR count). The van der Waals surface area contributed by atoms with Gasteiger partial charge in [0.2, 0.25) is 0 Å². The number of carbonyl (C=O) groups excluding carboxylic acids is 2. The summed E-state index contributed by atoms with van der Waals surface area (Å²) in [6.07, 6.45) is 4.62. The number of aryl methyl sites for hydroxylation is 2. The van der Waals surface area contributed by atoms with E-state index < -0.39 is 0 Å². The molecule has 1 atom stereocenters. The van der Waals surface area contributed by atoms with Gasteiger partial charge in [-0.25, -0.2) is 0 Å². The second kappa shape index (κ2) is 11.7. The summed E-state index contributed by atoms with van der Waals surface area (Å²) in [5.41, 5.74) is 7.21. The fraction of sp³-hybridized carbons (Fsp3) is 0.389. The molecular weight excluding hydrogens is 550 g/mol. The van der Waals surface area contributed by atoms with Crippen molar-refractivity contribution in [2.45, 2.75) is 58.7 Å². The number of para-hydroxylation sites is 1. The summed E-state index contributed by atoms with van der Waals surface area (Å²) in [4.78, 5) is 34.8. The Morgan fingerprint density at radius 2 is 1.59 bits per heavy atom. The van der Waals surface area contributed by atoms with Crippen LogP contribution in [0.4, 0.5) is 5.69 Å². The predicted molar refractivity (Wildman–Crippen MR) is 172 cm³/mol. The average molecular weight is 592 g/mol. The van der Waals surface area contributed by atoms with E-state index in [0.29, 0.717) is 30.1 Å². The molecule has 3 aliphatic rings. The molecule has 0 saturated carbocycles. The molecule has 0 radical (unpaired) electrons. The van der Waals surface area contributed by atoms with Gasteiger partial charge in [0.1, 0.15) is 11.4 Å². The molecule has 8 nitrogen and oxygen atoms in total. The molecule has 0 spiro atoms. The van der Waals surface area contributed by atoms with Crippen LogP contribution in [0.1, 0.15) is 69.2 Å². The highest BCUT2D eigenvalue weighted by atomic mass is 16.5. The van der Waals surface area contributed by atoms with Gasteiger partial charge in [-0.15, -0.1) is 0 Å². The van der Waals surface area contributed by atoms with Gasteiger partial charge in [-0.2, -0.15) is 0 Å². The summed E-state index contributed by atoms with van der Waals surface area (Å²) < 4.78 is 10.1. The van der Waals surface area contributed by atoms with Gasteiger partial charge in [0, 0.05) is 47.5 Å². The topological polar surface area (TPSA) is 63.0 Å². The average Bonchev–Trinajstić information content (AvgIpc) is 3.84. The molecule has 44 heavy (non-hydrogen) atoms. The Morgan fingerprint density at radius 3 is 2.36 bits per heavy atom. The van der Waals surface area contributed by atoms with Gasteiger partial charge in [0.15, 0.2) is 0 Å². The summed E-state index contributed by atoms with van der Waals surface area (Å²) in [7, 11) is 1.64. The summed E-state index contributed by atoms with van der Waals surface area (Å²) in [5.74, 6) is 0.647. The maximum Gasteiger partial charge on any atom is 0.270 e. The molecular formula is C36H41N5O3. The molecule has 0 bridgehead atoms. The van der Waals surface area contributed by atoms with Crippen molar-refractivity contribution >= 4 is 17.5 Å². The lowest BCUT2D eigenvalue weighted by Crippen LogP contribution is -2.43. The Morgan fingerprint density at radius 1 is 0.818 bits per heavy atom. The summed E-state index contributed by atoms with van der Waals surface area (Å²) in [6.45, 7) is 9.09. The third-order valence-electron chi connectivity index (χ3n) is 9.71. The van der Waals surface area contributed by atoms with Gasteiger partial charge in [-0.1, -0.05) is 18.2 Å². The zero-order chi connectivity index (χ0) is 30.4. The molecule has 0 N–H and O–H groups in total. The SMILES string of the molecule is COc1cc(C(=O)N2Cc3ccc(C(=O)N4CCC[C@H]4CN4CCCC4)n3Cc3ccccc32)ccc1-n1c(C)ccc1C. The van der Waals surface area contributed by atoms with E-state index in [1.54, 1.807) is 7.11 Å². The van der Waals surface area contributed by atoms with Crippen LogP contribution in [-0.4, -0.2) is 70.1 Å². The van der Waals surface area contributed by atoms with E-state index in [1.807, 2.05) is 53.4 Å². The van der Waals surface area contributed by atoms with Crippen molar-refractivity contribution in [3.05, 3.63) is 101 Å². The number of carbonyl (C=O) groups is 2. The lowest BCUT2D eigenvalue weighted by atomic mass is 10.1. The number of likely N-dealkylation sites (tertiary alicyclic amines) is 2. The number of amides is 2. The van der Waals surface area contributed by atoms with E-state index in [-0.39, 0.29) is 17.9 Å². The second-order valence-corrected chi connectivity index (χ2v) is 12.5. The maximum absolute atomic E-state index is 14.3. The molecule has 2 saturated heterocycles. The first kappa shape index (κ1) is 28.5. The maximum atomic E-state index is 14.3. The largest absolute Gasteiger partial charge is 0.495 e. The smallest absolute Gasteiger partial charge is 0.270 e. The van der Waals surface area contributed by atoms with Crippen LogP contribution < -0.4 is 9.64 Å². The molecule has 0 unspecified atom stereocenters. The minimum absolute atomic E-state index is 0.101. The molecule has 3 aliphatic heterocycles. The van der Waals surface area contributed by atoms with Crippen LogP contribution in [0.2, 0.25) is 0 Å². The van der Waals surface area contributed by atoms with Gasteiger partial charge in [-0.3, -0.25) is 9.59 Å². The van der Waals surface area contributed by atoms with Crippen LogP contribution in [0, 0.1) is 13.8 Å². The minimum atomic E-state index is -0.101. The minimum Gasteiger partial charge on any atom is -0.495 e. The van der Waals surface area contributed by atoms with E-state index in [1.165, 1.54) is 12.8 Å². The number of hydrogen-bond acceptors (Lipinski definition) is 4. The Labute approximate surface area is 259 Å². The van der Waals surface area contributed by atoms with Crippen LogP contribution in [0.5, 0.6) is 5.75 Å². The third kappa shape index (κ3) is 5.01. The standard InChI is InChI=1S/C36H41N5O3/c1-25-12-13-26(2)41(25)32-16-14-27(21-34(32)44-3)35(42)40-24-30-15-17-33(39(30)22-28-9-4-5-11-31(28)40)36(43)38-20-8-10-29(38)23-37-18-6-7-19-37/h4-5,9,11-17,21,29H,6-8,10,18-20,22-24H2,1-3H3/t29-/m0/s1. The Bertz CT molecular complexity index is 1690. The fourth-order valence-corrected chi connectivity index (χ4v) is 7.43. The molecule has 5 heterocycles. The number of aromatic nitrogens is 2. The van der Waals surface area contributed by atoms with Crippen molar-refractivity contribution < 1.29 is 14.3 Å². The third-order valence-corrected chi connectivity index (χ3v) is 9.71. The number of ether oxygens (including phenoxy) is 1. The second-order valence-electron chi connectivity index (χ2n) is 12.5. The Hall–Kier alpha value is -4.30. The molecule has 0 aliphatic carbocycles. The van der Waals surface area contributed by atoms with Crippen LogP contribution in [0.3, 0.4) is 0 Å². The molecule has 228 valence electrons. The van der Waals surface area contributed by atoms with Crippen molar-refractivity contribution in [1.82, 2.24) is 18.9 Å². The first-order valence-corrected chi connectivity index (χ1v) is 15.9. The van der Waals surface area contributed by atoms with E-state index >= 15 is 0 Å². The Kier molecular flexibility index (Phi) is 7.54. The predicted octanol–water partition coefficient (Wildman–Crippen LogP) is 5.81. The number of methoxy groups -OCH3 is 1. The van der Waals surface area contributed by atoms with Crippen molar-refractivity contribution in [3.8, 4) is 11.4 Å². The van der Waals surface area contributed by atoms with Gasteiger partial charge in [0.25, 0.3) is 11.8 Å². The van der Waals surface area contributed by atoms with E-state index in [9.17, 15) is 9.59 Å². The van der Waals surface area contributed by atoms with Crippen LogP contribution in [0.15, 0.2) is 66.7 Å². The number of anilines is 1. The summed E-state index contributed by atoms with van der Waals surface area (Å²) in [5, 5.41) is 0. The number of hydrogen-bond donors (Lipinski definition) is 0. The molecule has 2 amide bonds. The van der Waals surface area contributed by atoms with Crippen LogP contribution in [0.25, 0.3) is 5.69 Å². The molecule has 8 heteroatoms. The van der Waals surface area contributed by atoms with Crippen LogP contribution in [-0.2, 0) is 13.1 Å². The van der Waals surface area contributed by atoms with Crippen LogP contribution >= 0.6 is 0 Å². The van der Waals surface area contributed by atoms with Gasteiger partial charge in [-0.05, 0) is 107 Å². The summed E-state index contributed by atoms with van der Waals surface area (Å²) >= 11 is 0. The lowest BCUT2D eigenvalue weighted by molar-refractivity contribution is 0.0698. The number of nitrogens with zero attached hydrogens (tertiary/aromatic N) is 5. The Balaban J connectivity index is 1.20. The highest BCUT2D eigenvalue weighted by Gasteiger charge is 2.34. The monoisotopic (exact) mass is 591 g/mol. The zero-order valence-corrected chi connectivity index (χ0v) is 26.0. The molecule has 2 aromatic heterocycles. The summed E-state index contributed by atoms with van der Waals surface area (Å²) in [6, 6.07) is 22.1. The highest BCUT2D eigenvalue weighted by molar-refractivity contribution is 6.07.